The number of aromatic nitrogens is 1. The third-order valence-corrected chi connectivity index (χ3v) is 4.59. The van der Waals surface area contributed by atoms with Crippen LogP contribution in [0.15, 0.2) is 54.7 Å². The number of amides is 3. The van der Waals surface area contributed by atoms with Crippen molar-refractivity contribution >= 4 is 28.5 Å². The number of carbonyl (C=O) groups excluding carboxylic acids is 2. The van der Waals surface area contributed by atoms with Gasteiger partial charge >= 0.3 is 12.2 Å². The van der Waals surface area contributed by atoms with Crippen molar-refractivity contribution < 1.29 is 27.5 Å². The molecule has 0 atom stereocenters. The van der Waals surface area contributed by atoms with Crippen molar-refractivity contribution in [3.63, 3.8) is 0 Å². The molecule has 3 rings (SSSR count). The zero-order valence-electron chi connectivity index (χ0n) is 17.6. The number of rotatable bonds is 7. The van der Waals surface area contributed by atoms with E-state index in [4.69, 9.17) is 4.74 Å². The quantitative estimate of drug-likeness (QED) is 0.574. The Morgan fingerprint density at radius 2 is 1.88 bits per heavy atom. The molecular formula is C22H23F3N4O3. The standard InChI is InChI=1S/C22H23F3N4O3/c1-28(2)20(30)13-29-9-8-16-11-17(6-7-19(16)29)27-21(31)26-12-15-4-3-5-18(10-15)32-14-22(23,24)25/h3-11H,12-14H2,1-2H3,(H2,26,27,31). The number of alkyl halides is 3. The molecule has 32 heavy (non-hydrogen) atoms. The predicted octanol–water partition coefficient (Wildman–Crippen LogP) is 3.99. The number of benzene rings is 2. The van der Waals surface area contributed by atoms with E-state index in [-0.39, 0.29) is 24.7 Å². The molecule has 10 heteroatoms. The van der Waals surface area contributed by atoms with Gasteiger partial charge in [0.1, 0.15) is 12.3 Å². The minimum atomic E-state index is -4.42. The first-order chi connectivity index (χ1) is 15.1. The average molecular weight is 448 g/mol. The van der Waals surface area contributed by atoms with Crippen LogP contribution >= 0.6 is 0 Å². The van der Waals surface area contributed by atoms with Gasteiger partial charge in [-0.15, -0.1) is 0 Å². The van der Waals surface area contributed by atoms with E-state index in [9.17, 15) is 22.8 Å². The van der Waals surface area contributed by atoms with Crippen molar-refractivity contribution in [2.75, 3.05) is 26.0 Å². The fourth-order valence-electron chi connectivity index (χ4n) is 2.97. The number of carbonyl (C=O) groups is 2. The highest BCUT2D eigenvalue weighted by atomic mass is 19.4. The topological polar surface area (TPSA) is 75.6 Å². The van der Waals surface area contributed by atoms with E-state index in [1.807, 2.05) is 22.9 Å². The van der Waals surface area contributed by atoms with Crippen LogP contribution in [0.5, 0.6) is 5.75 Å². The van der Waals surface area contributed by atoms with E-state index in [2.05, 4.69) is 10.6 Å². The van der Waals surface area contributed by atoms with Crippen molar-refractivity contribution in [2.24, 2.45) is 0 Å². The summed E-state index contributed by atoms with van der Waals surface area (Å²) in [7, 11) is 3.39. The molecule has 0 aliphatic rings. The van der Waals surface area contributed by atoms with Gasteiger partial charge in [0.05, 0.1) is 0 Å². The van der Waals surface area contributed by atoms with Gasteiger partial charge in [-0.2, -0.15) is 13.2 Å². The lowest BCUT2D eigenvalue weighted by molar-refractivity contribution is -0.153. The summed E-state index contributed by atoms with van der Waals surface area (Å²) < 4.78 is 43.4. The number of likely N-dealkylation sites (N-methyl/N-ethyl adjacent to an activating group) is 1. The van der Waals surface area contributed by atoms with Crippen molar-refractivity contribution in [3.05, 3.63) is 60.3 Å². The summed E-state index contributed by atoms with van der Waals surface area (Å²) in [6.45, 7) is -1.05. The molecular weight excluding hydrogens is 425 g/mol. The summed E-state index contributed by atoms with van der Waals surface area (Å²) in [5.74, 6) is 0.0432. The fraction of sp³-hybridized carbons (Fsp3) is 0.273. The Balaban J connectivity index is 1.56. The molecule has 1 aromatic heterocycles. The molecule has 0 saturated carbocycles. The van der Waals surface area contributed by atoms with Gasteiger partial charge in [-0.25, -0.2) is 4.79 Å². The summed E-state index contributed by atoms with van der Waals surface area (Å²) in [4.78, 5) is 25.7. The third kappa shape index (κ3) is 6.40. The highest BCUT2D eigenvalue weighted by molar-refractivity contribution is 5.93. The Morgan fingerprint density at radius 1 is 1.09 bits per heavy atom. The average Bonchev–Trinajstić information content (AvgIpc) is 3.12. The highest BCUT2D eigenvalue weighted by Crippen LogP contribution is 2.21. The molecule has 0 unspecified atom stereocenters. The van der Waals surface area contributed by atoms with Gasteiger partial charge in [0.2, 0.25) is 5.91 Å². The fourth-order valence-corrected chi connectivity index (χ4v) is 2.97. The molecule has 0 aliphatic carbocycles. The van der Waals surface area contributed by atoms with Gasteiger partial charge in [-0.1, -0.05) is 12.1 Å². The Labute approximate surface area is 182 Å². The molecule has 0 fully saturated rings. The van der Waals surface area contributed by atoms with Crippen molar-refractivity contribution in [1.82, 2.24) is 14.8 Å². The maximum atomic E-state index is 12.3. The summed E-state index contributed by atoms with van der Waals surface area (Å²) in [6, 6.07) is 12.8. The van der Waals surface area contributed by atoms with Gasteiger partial charge < -0.3 is 24.8 Å². The molecule has 0 aliphatic heterocycles. The lowest BCUT2D eigenvalue weighted by Crippen LogP contribution is -2.28. The largest absolute Gasteiger partial charge is 0.484 e. The summed E-state index contributed by atoms with van der Waals surface area (Å²) >= 11 is 0. The molecule has 0 bridgehead atoms. The monoisotopic (exact) mass is 448 g/mol. The molecule has 3 aromatic rings. The molecule has 0 saturated heterocycles. The second-order valence-electron chi connectivity index (χ2n) is 7.36. The van der Waals surface area contributed by atoms with Crippen molar-refractivity contribution in [3.8, 4) is 5.75 Å². The van der Waals surface area contributed by atoms with E-state index in [1.54, 1.807) is 38.4 Å². The van der Waals surface area contributed by atoms with E-state index < -0.39 is 18.8 Å². The minimum absolute atomic E-state index is 0.0306. The third-order valence-electron chi connectivity index (χ3n) is 4.59. The van der Waals surface area contributed by atoms with E-state index >= 15 is 0 Å². The number of anilines is 1. The first-order valence-corrected chi connectivity index (χ1v) is 9.73. The van der Waals surface area contributed by atoms with Crippen LogP contribution in [0.4, 0.5) is 23.7 Å². The van der Waals surface area contributed by atoms with Crippen molar-refractivity contribution in [1.29, 1.82) is 0 Å². The van der Waals surface area contributed by atoms with Crippen LogP contribution in [0.2, 0.25) is 0 Å². The normalized spacial score (nSPS) is 11.3. The smallest absolute Gasteiger partial charge is 0.422 e. The second kappa shape index (κ2) is 9.63. The molecule has 1 heterocycles. The molecule has 0 radical (unpaired) electrons. The minimum Gasteiger partial charge on any atom is -0.484 e. The van der Waals surface area contributed by atoms with Crippen LogP contribution in [-0.2, 0) is 17.9 Å². The van der Waals surface area contributed by atoms with Gasteiger partial charge in [-0.05, 0) is 42.0 Å². The first-order valence-electron chi connectivity index (χ1n) is 9.73. The number of hydrogen-bond acceptors (Lipinski definition) is 3. The van der Waals surface area contributed by atoms with Gasteiger partial charge in [-0.3, -0.25) is 4.79 Å². The number of ether oxygens (including phenoxy) is 1. The summed E-state index contributed by atoms with van der Waals surface area (Å²) in [5, 5.41) is 6.24. The van der Waals surface area contributed by atoms with E-state index in [0.29, 0.717) is 11.3 Å². The molecule has 7 nitrogen and oxygen atoms in total. The Kier molecular flexibility index (Phi) is 6.92. The van der Waals surface area contributed by atoms with E-state index in [1.165, 1.54) is 17.0 Å². The zero-order valence-corrected chi connectivity index (χ0v) is 17.6. The lowest BCUT2D eigenvalue weighted by atomic mass is 10.2. The molecule has 0 spiro atoms. The number of nitrogens with zero attached hydrogens (tertiary/aromatic N) is 2. The van der Waals surface area contributed by atoms with Crippen LogP contribution in [0.3, 0.4) is 0 Å². The Morgan fingerprint density at radius 3 is 2.59 bits per heavy atom. The number of urea groups is 1. The molecule has 170 valence electrons. The van der Waals surface area contributed by atoms with Gasteiger partial charge in [0, 0.05) is 43.4 Å². The van der Waals surface area contributed by atoms with Crippen LogP contribution in [0.1, 0.15) is 5.56 Å². The first kappa shape index (κ1) is 23.0. The van der Waals surface area contributed by atoms with Crippen LogP contribution in [-0.4, -0.2) is 48.3 Å². The number of fused-ring (bicyclic) bond motifs is 1. The van der Waals surface area contributed by atoms with Crippen molar-refractivity contribution in [2.45, 2.75) is 19.3 Å². The SMILES string of the molecule is CN(C)C(=O)Cn1ccc2cc(NC(=O)NCc3cccc(OCC(F)(F)F)c3)ccc21. The van der Waals surface area contributed by atoms with Crippen LogP contribution in [0.25, 0.3) is 10.9 Å². The predicted molar refractivity (Wildman–Crippen MR) is 114 cm³/mol. The molecule has 3 amide bonds. The van der Waals surface area contributed by atoms with E-state index in [0.717, 1.165) is 10.9 Å². The molecule has 2 N–H and O–H groups in total. The zero-order chi connectivity index (χ0) is 23.3. The Hall–Kier alpha value is -3.69. The van der Waals surface area contributed by atoms with Crippen LogP contribution in [0, 0.1) is 0 Å². The van der Waals surface area contributed by atoms with Gasteiger partial charge in [0.15, 0.2) is 6.61 Å². The maximum absolute atomic E-state index is 12.3. The summed E-state index contributed by atoms with van der Waals surface area (Å²) in [5.41, 5.74) is 2.02. The highest BCUT2D eigenvalue weighted by Gasteiger charge is 2.28. The second-order valence-corrected chi connectivity index (χ2v) is 7.36. The number of hydrogen-bond donors (Lipinski definition) is 2. The van der Waals surface area contributed by atoms with Crippen LogP contribution < -0.4 is 15.4 Å². The van der Waals surface area contributed by atoms with Gasteiger partial charge in [0.25, 0.3) is 0 Å². The maximum Gasteiger partial charge on any atom is 0.422 e. The molecule has 2 aromatic carbocycles. The Bertz CT molecular complexity index is 1110. The number of nitrogens with one attached hydrogen (secondary N) is 2. The number of halogens is 3. The lowest BCUT2D eigenvalue weighted by Gasteiger charge is -2.12. The summed E-state index contributed by atoms with van der Waals surface area (Å²) in [6.07, 6.45) is -2.61.